The summed E-state index contributed by atoms with van der Waals surface area (Å²) in [5, 5.41) is 0. The van der Waals surface area contributed by atoms with E-state index in [1.807, 2.05) is 59.5 Å². The van der Waals surface area contributed by atoms with E-state index in [0.29, 0.717) is 6.54 Å². The molecule has 3 rings (SSSR count). The van der Waals surface area contributed by atoms with Crippen molar-refractivity contribution < 1.29 is 9.53 Å². The molecule has 130 valence electrons. The average Bonchev–Trinajstić information content (AvgIpc) is 2.60. The third-order valence-corrected chi connectivity index (χ3v) is 4.45. The number of ether oxygens (including phenoxy) is 1. The summed E-state index contributed by atoms with van der Waals surface area (Å²) in [6.45, 7) is 7.06. The van der Waals surface area contributed by atoms with Crippen LogP contribution in [0.4, 0.5) is 0 Å². The van der Waals surface area contributed by atoms with Gasteiger partial charge in [-0.3, -0.25) is 4.79 Å². The number of likely N-dealkylation sites (tertiary alicyclic amines) is 1. The molecule has 1 amide bonds. The largest absolute Gasteiger partial charge is 0.478 e. The molecule has 0 spiro atoms. The van der Waals surface area contributed by atoms with Gasteiger partial charge in [-0.05, 0) is 23.1 Å². The SMILES string of the molecule is CC(C)(C)[C@@H]1[C@H](Oc2ccccc2)C(=O)N1C/C=C/c1ccccc1. The lowest BCUT2D eigenvalue weighted by Gasteiger charge is -2.52. The van der Waals surface area contributed by atoms with Crippen molar-refractivity contribution in [1.82, 2.24) is 4.90 Å². The Kier molecular flexibility index (Phi) is 4.93. The Bertz CT molecular complexity index is 732. The Hall–Kier alpha value is -2.55. The van der Waals surface area contributed by atoms with Crippen molar-refractivity contribution in [2.24, 2.45) is 5.41 Å². The Morgan fingerprint density at radius 3 is 2.20 bits per heavy atom. The van der Waals surface area contributed by atoms with Crippen molar-refractivity contribution in [2.45, 2.75) is 32.9 Å². The summed E-state index contributed by atoms with van der Waals surface area (Å²) in [5.74, 6) is 0.802. The van der Waals surface area contributed by atoms with Crippen molar-refractivity contribution in [2.75, 3.05) is 6.54 Å². The smallest absolute Gasteiger partial charge is 0.266 e. The molecule has 3 heteroatoms. The van der Waals surface area contributed by atoms with Gasteiger partial charge in [0.2, 0.25) is 0 Å². The number of hydrogen-bond acceptors (Lipinski definition) is 2. The summed E-state index contributed by atoms with van der Waals surface area (Å²) >= 11 is 0. The Morgan fingerprint density at radius 2 is 1.60 bits per heavy atom. The number of nitrogens with zero attached hydrogens (tertiary/aromatic N) is 1. The van der Waals surface area contributed by atoms with Crippen molar-refractivity contribution in [3.05, 3.63) is 72.3 Å². The molecule has 0 saturated carbocycles. The van der Waals surface area contributed by atoms with Crippen LogP contribution >= 0.6 is 0 Å². The highest BCUT2D eigenvalue weighted by Gasteiger charge is 2.53. The quantitative estimate of drug-likeness (QED) is 0.758. The molecule has 2 atom stereocenters. The zero-order chi connectivity index (χ0) is 17.9. The molecule has 0 radical (unpaired) electrons. The molecule has 25 heavy (non-hydrogen) atoms. The van der Waals surface area contributed by atoms with Gasteiger partial charge in [-0.2, -0.15) is 0 Å². The van der Waals surface area contributed by atoms with Crippen LogP contribution < -0.4 is 4.74 Å². The van der Waals surface area contributed by atoms with Crippen molar-refractivity contribution in [3.8, 4) is 5.75 Å². The van der Waals surface area contributed by atoms with Gasteiger partial charge in [-0.15, -0.1) is 0 Å². The average molecular weight is 335 g/mol. The number of rotatable bonds is 5. The van der Waals surface area contributed by atoms with E-state index in [2.05, 4.69) is 39.0 Å². The first-order valence-electron chi connectivity index (χ1n) is 8.70. The lowest BCUT2D eigenvalue weighted by Crippen LogP contribution is -2.71. The molecule has 0 N–H and O–H groups in total. The molecule has 0 bridgehead atoms. The molecular weight excluding hydrogens is 310 g/mol. The summed E-state index contributed by atoms with van der Waals surface area (Å²) in [6, 6.07) is 19.8. The minimum absolute atomic E-state index is 0.0477. The van der Waals surface area contributed by atoms with Gasteiger partial charge in [-0.25, -0.2) is 0 Å². The van der Waals surface area contributed by atoms with E-state index in [1.54, 1.807) is 0 Å². The van der Waals surface area contributed by atoms with E-state index in [4.69, 9.17) is 4.74 Å². The number of carbonyl (C=O) groups is 1. The van der Waals surface area contributed by atoms with Crippen LogP contribution in [0.3, 0.4) is 0 Å². The Balaban J connectivity index is 1.69. The Labute approximate surface area is 149 Å². The van der Waals surface area contributed by atoms with Gasteiger partial charge >= 0.3 is 0 Å². The maximum Gasteiger partial charge on any atom is 0.266 e. The highest BCUT2D eigenvalue weighted by atomic mass is 16.5. The van der Waals surface area contributed by atoms with Crippen LogP contribution in [0, 0.1) is 5.41 Å². The number of hydrogen-bond donors (Lipinski definition) is 0. The highest BCUT2D eigenvalue weighted by molar-refractivity contribution is 5.89. The minimum atomic E-state index is -0.410. The fourth-order valence-corrected chi connectivity index (χ4v) is 3.27. The van der Waals surface area contributed by atoms with Crippen molar-refractivity contribution >= 4 is 12.0 Å². The number of para-hydroxylation sites is 1. The first kappa shape index (κ1) is 17.3. The summed E-state index contributed by atoms with van der Waals surface area (Å²) in [4.78, 5) is 14.5. The predicted octanol–water partition coefficient (Wildman–Crippen LogP) is 4.40. The van der Waals surface area contributed by atoms with E-state index >= 15 is 0 Å². The maximum atomic E-state index is 12.6. The first-order chi connectivity index (χ1) is 12.0. The number of β-lactam (4-membered cyclic amide) rings is 1. The van der Waals surface area contributed by atoms with E-state index in [9.17, 15) is 4.79 Å². The second-order valence-electron chi connectivity index (χ2n) is 7.47. The molecule has 1 aliphatic heterocycles. The summed E-state index contributed by atoms with van der Waals surface area (Å²) in [7, 11) is 0. The van der Waals surface area contributed by atoms with Crippen LogP contribution in [0.15, 0.2) is 66.7 Å². The molecule has 2 aromatic carbocycles. The second kappa shape index (κ2) is 7.14. The molecule has 0 aliphatic carbocycles. The summed E-state index contributed by atoms with van der Waals surface area (Å²) < 4.78 is 5.98. The van der Waals surface area contributed by atoms with Gasteiger partial charge in [0.05, 0.1) is 6.04 Å². The standard InChI is InChI=1S/C22H25NO2/c1-22(2,3)20-19(25-18-14-8-5-9-15-18)21(24)23(20)16-10-13-17-11-6-4-7-12-17/h4-15,19-20H,16H2,1-3H3/b13-10+/t19-,20-/m0/s1. The molecule has 1 heterocycles. The zero-order valence-corrected chi connectivity index (χ0v) is 15.1. The second-order valence-corrected chi connectivity index (χ2v) is 7.47. The van der Waals surface area contributed by atoms with Crippen LogP contribution in [-0.4, -0.2) is 29.5 Å². The monoisotopic (exact) mass is 335 g/mol. The van der Waals surface area contributed by atoms with Crippen LogP contribution in [0.2, 0.25) is 0 Å². The van der Waals surface area contributed by atoms with Gasteiger partial charge in [0.25, 0.3) is 5.91 Å². The minimum Gasteiger partial charge on any atom is -0.478 e. The fraction of sp³-hybridized carbons (Fsp3) is 0.318. The summed E-state index contributed by atoms with van der Waals surface area (Å²) in [5.41, 5.74) is 1.09. The van der Waals surface area contributed by atoms with Gasteiger partial charge in [0.15, 0.2) is 6.10 Å². The van der Waals surface area contributed by atoms with Gasteiger partial charge in [0, 0.05) is 6.54 Å². The third kappa shape index (κ3) is 3.93. The van der Waals surface area contributed by atoms with Crippen molar-refractivity contribution in [1.29, 1.82) is 0 Å². The first-order valence-corrected chi connectivity index (χ1v) is 8.70. The molecule has 0 aromatic heterocycles. The number of amides is 1. The van der Waals surface area contributed by atoms with E-state index in [1.165, 1.54) is 0 Å². The molecule has 1 fully saturated rings. The lowest BCUT2D eigenvalue weighted by atomic mass is 9.76. The zero-order valence-electron chi connectivity index (χ0n) is 15.1. The molecular formula is C22H25NO2. The van der Waals surface area contributed by atoms with Crippen LogP contribution in [0.1, 0.15) is 26.3 Å². The lowest BCUT2D eigenvalue weighted by molar-refractivity contribution is -0.170. The van der Waals surface area contributed by atoms with Gasteiger partial charge < -0.3 is 9.64 Å². The molecule has 0 unspecified atom stereocenters. The summed E-state index contributed by atoms with van der Waals surface area (Å²) in [6.07, 6.45) is 3.69. The molecule has 1 saturated heterocycles. The van der Waals surface area contributed by atoms with E-state index in [0.717, 1.165) is 11.3 Å². The van der Waals surface area contributed by atoms with Crippen LogP contribution in [0.25, 0.3) is 6.08 Å². The van der Waals surface area contributed by atoms with Crippen LogP contribution in [-0.2, 0) is 4.79 Å². The normalized spacial score (nSPS) is 20.6. The topological polar surface area (TPSA) is 29.5 Å². The number of carbonyl (C=O) groups excluding carboxylic acids is 1. The fourth-order valence-electron chi connectivity index (χ4n) is 3.27. The van der Waals surface area contributed by atoms with E-state index in [-0.39, 0.29) is 17.4 Å². The van der Waals surface area contributed by atoms with Gasteiger partial charge in [-0.1, -0.05) is 81.5 Å². The molecule has 3 nitrogen and oxygen atoms in total. The van der Waals surface area contributed by atoms with Crippen molar-refractivity contribution in [3.63, 3.8) is 0 Å². The Morgan fingerprint density at radius 1 is 1.00 bits per heavy atom. The molecule has 1 aliphatic rings. The number of benzene rings is 2. The maximum absolute atomic E-state index is 12.6. The molecule has 2 aromatic rings. The highest BCUT2D eigenvalue weighted by Crippen LogP contribution is 2.37. The predicted molar refractivity (Wildman–Crippen MR) is 101 cm³/mol. The van der Waals surface area contributed by atoms with Crippen LogP contribution in [0.5, 0.6) is 5.75 Å². The third-order valence-electron chi connectivity index (χ3n) is 4.45. The van der Waals surface area contributed by atoms with Gasteiger partial charge in [0.1, 0.15) is 5.75 Å². The van der Waals surface area contributed by atoms with E-state index < -0.39 is 6.10 Å².